The van der Waals surface area contributed by atoms with Crippen LogP contribution in [0.5, 0.6) is 0 Å². The van der Waals surface area contributed by atoms with Gasteiger partial charge in [0.15, 0.2) is 0 Å². The summed E-state index contributed by atoms with van der Waals surface area (Å²) in [6.07, 6.45) is 0.766. The monoisotopic (exact) mass is 310 g/mol. The minimum absolute atomic E-state index is 0.149. The molecule has 2 aromatic heterocycles. The second-order valence-corrected chi connectivity index (χ2v) is 6.40. The first-order valence-corrected chi connectivity index (χ1v) is 7.85. The molecule has 108 valence electrons. The van der Waals surface area contributed by atoms with Gasteiger partial charge in [-0.25, -0.2) is 15.0 Å². The number of rotatable bonds is 4. The van der Waals surface area contributed by atoms with Crippen molar-refractivity contribution in [2.75, 3.05) is 5.32 Å². The third-order valence-corrected chi connectivity index (χ3v) is 4.76. The van der Waals surface area contributed by atoms with Gasteiger partial charge in [-0.2, -0.15) is 0 Å². The van der Waals surface area contributed by atoms with Crippen LogP contribution >= 0.6 is 22.9 Å². The van der Waals surface area contributed by atoms with E-state index >= 15 is 0 Å². The molecule has 0 bridgehead atoms. The smallest absolute Gasteiger partial charge is 0.137 e. The van der Waals surface area contributed by atoms with Crippen molar-refractivity contribution >= 4 is 28.8 Å². The molecule has 2 rings (SSSR count). The highest BCUT2D eigenvalue weighted by molar-refractivity contribution is 7.11. The van der Waals surface area contributed by atoms with E-state index in [1.807, 2.05) is 27.7 Å². The fourth-order valence-corrected chi connectivity index (χ4v) is 3.17. The van der Waals surface area contributed by atoms with Crippen LogP contribution in [0.2, 0.25) is 5.15 Å². The van der Waals surface area contributed by atoms with E-state index in [9.17, 15) is 0 Å². The maximum absolute atomic E-state index is 6.16. The molecule has 2 heterocycles. The molecule has 1 N–H and O–H groups in total. The van der Waals surface area contributed by atoms with E-state index in [0.717, 1.165) is 34.3 Å². The molecule has 2 aromatic rings. The molecule has 6 heteroatoms. The fourth-order valence-electron chi connectivity index (χ4n) is 2.05. The zero-order valence-corrected chi connectivity index (χ0v) is 14.0. The van der Waals surface area contributed by atoms with Gasteiger partial charge in [0.25, 0.3) is 0 Å². The van der Waals surface area contributed by atoms with Crippen molar-refractivity contribution in [1.29, 1.82) is 0 Å². The summed E-state index contributed by atoms with van der Waals surface area (Å²) in [5.41, 5.74) is 1.95. The van der Waals surface area contributed by atoms with Crippen LogP contribution in [-0.4, -0.2) is 15.0 Å². The number of aryl methyl sites for hydroxylation is 3. The molecular weight excluding hydrogens is 292 g/mol. The molecule has 0 amide bonds. The number of nitrogens with one attached hydrogen (secondary N) is 1. The van der Waals surface area contributed by atoms with Crippen molar-refractivity contribution in [2.45, 2.75) is 47.1 Å². The molecule has 0 spiro atoms. The van der Waals surface area contributed by atoms with Gasteiger partial charge >= 0.3 is 0 Å². The average molecular weight is 311 g/mol. The Balaban J connectivity index is 2.29. The molecule has 0 radical (unpaired) electrons. The summed E-state index contributed by atoms with van der Waals surface area (Å²) in [4.78, 5) is 14.5. The molecule has 0 aliphatic carbocycles. The minimum atomic E-state index is 0.149. The van der Waals surface area contributed by atoms with Crippen LogP contribution in [0.4, 0.5) is 5.82 Å². The van der Waals surface area contributed by atoms with Crippen LogP contribution in [0, 0.1) is 20.8 Å². The number of anilines is 1. The lowest BCUT2D eigenvalue weighted by Crippen LogP contribution is -2.11. The zero-order valence-electron chi connectivity index (χ0n) is 12.4. The van der Waals surface area contributed by atoms with Crippen LogP contribution in [0.3, 0.4) is 0 Å². The Morgan fingerprint density at radius 2 is 1.90 bits per heavy atom. The summed E-state index contributed by atoms with van der Waals surface area (Å²) in [6, 6.07) is 0.149. The highest BCUT2D eigenvalue weighted by Gasteiger charge is 2.16. The van der Waals surface area contributed by atoms with Crippen molar-refractivity contribution < 1.29 is 0 Å². The van der Waals surface area contributed by atoms with Crippen molar-refractivity contribution in [1.82, 2.24) is 15.0 Å². The normalized spacial score (nSPS) is 12.5. The quantitative estimate of drug-likeness (QED) is 0.858. The highest BCUT2D eigenvalue weighted by atomic mass is 35.5. The summed E-state index contributed by atoms with van der Waals surface area (Å²) in [6.45, 7) is 10.1. The van der Waals surface area contributed by atoms with E-state index < -0.39 is 0 Å². The Kier molecular flexibility index (Phi) is 4.60. The molecule has 20 heavy (non-hydrogen) atoms. The van der Waals surface area contributed by atoms with Gasteiger partial charge in [0.05, 0.1) is 16.7 Å². The number of aromatic nitrogens is 3. The standard InChI is InChI=1S/C14H19ClN4S/c1-6-11-18-13(15)7(2)14(19-11)17-9(4)12-8(3)16-10(5)20-12/h9H,6H2,1-5H3,(H,17,18,19). The van der Waals surface area contributed by atoms with Crippen LogP contribution < -0.4 is 5.32 Å². The third-order valence-electron chi connectivity index (χ3n) is 3.13. The topological polar surface area (TPSA) is 50.7 Å². The number of hydrogen-bond donors (Lipinski definition) is 1. The highest BCUT2D eigenvalue weighted by Crippen LogP contribution is 2.29. The van der Waals surface area contributed by atoms with Gasteiger partial charge in [-0.3, -0.25) is 0 Å². The molecule has 0 saturated carbocycles. The summed E-state index contributed by atoms with van der Waals surface area (Å²) in [5.74, 6) is 1.56. The van der Waals surface area contributed by atoms with Gasteiger partial charge in [0, 0.05) is 16.9 Å². The van der Waals surface area contributed by atoms with E-state index in [-0.39, 0.29) is 6.04 Å². The van der Waals surface area contributed by atoms with Gasteiger partial charge in [-0.05, 0) is 27.7 Å². The number of hydrogen-bond acceptors (Lipinski definition) is 5. The Bertz CT molecular complexity index is 624. The van der Waals surface area contributed by atoms with Crippen molar-refractivity contribution in [3.8, 4) is 0 Å². The second-order valence-electron chi connectivity index (χ2n) is 4.81. The SMILES string of the molecule is CCc1nc(Cl)c(C)c(NC(C)c2sc(C)nc2C)n1. The van der Waals surface area contributed by atoms with E-state index in [1.54, 1.807) is 11.3 Å². The molecule has 0 aliphatic rings. The number of thiazole rings is 1. The Hall–Kier alpha value is -1.20. The van der Waals surface area contributed by atoms with Crippen molar-refractivity contribution in [3.05, 3.63) is 32.1 Å². The Labute approximate surface area is 128 Å². The van der Waals surface area contributed by atoms with Crippen LogP contribution in [0.1, 0.15) is 46.9 Å². The molecule has 0 fully saturated rings. The Morgan fingerprint density at radius 1 is 1.20 bits per heavy atom. The van der Waals surface area contributed by atoms with Crippen molar-refractivity contribution in [2.24, 2.45) is 0 Å². The maximum Gasteiger partial charge on any atom is 0.137 e. The summed E-state index contributed by atoms with van der Waals surface area (Å²) in [5, 5.41) is 5.03. The average Bonchev–Trinajstić information content (AvgIpc) is 2.73. The zero-order chi connectivity index (χ0) is 14.9. The maximum atomic E-state index is 6.16. The largest absolute Gasteiger partial charge is 0.362 e. The third kappa shape index (κ3) is 3.10. The van der Waals surface area contributed by atoms with Gasteiger partial charge in [-0.15, -0.1) is 11.3 Å². The molecule has 0 aliphatic heterocycles. The molecule has 0 aromatic carbocycles. The molecule has 1 unspecified atom stereocenters. The van der Waals surface area contributed by atoms with E-state index in [1.165, 1.54) is 4.88 Å². The van der Waals surface area contributed by atoms with E-state index in [0.29, 0.717) is 5.15 Å². The lowest BCUT2D eigenvalue weighted by Gasteiger charge is -2.16. The summed E-state index contributed by atoms with van der Waals surface area (Å²) in [7, 11) is 0. The van der Waals surface area contributed by atoms with Crippen LogP contribution in [0.25, 0.3) is 0 Å². The Morgan fingerprint density at radius 3 is 2.45 bits per heavy atom. The minimum Gasteiger partial charge on any atom is -0.362 e. The number of nitrogens with zero attached hydrogens (tertiary/aromatic N) is 3. The van der Waals surface area contributed by atoms with Gasteiger partial charge in [-0.1, -0.05) is 18.5 Å². The fraction of sp³-hybridized carbons (Fsp3) is 0.500. The summed E-state index contributed by atoms with van der Waals surface area (Å²) >= 11 is 7.87. The number of halogens is 1. The predicted molar refractivity (Wildman–Crippen MR) is 84.8 cm³/mol. The lowest BCUT2D eigenvalue weighted by molar-refractivity contribution is 0.855. The summed E-state index contributed by atoms with van der Waals surface area (Å²) < 4.78 is 0. The molecule has 4 nitrogen and oxygen atoms in total. The molecule has 1 atom stereocenters. The van der Waals surface area contributed by atoms with Gasteiger partial charge in [0.2, 0.25) is 0 Å². The second kappa shape index (κ2) is 6.06. The first kappa shape index (κ1) is 15.2. The van der Waals surface area contributed by atoms with E-state index in [4.69, 9.17) is 11.6 Å². The van der Waals surface area contributed by atoms with Crippen molar-refractivity contribution in [3.63, 3.8) is 0 Å². The van der Waals surface area contributed by atoms with E-state index in [2.05, 4.69) is 27.2 Å². The predicted octanol–water partition coefficient (Wildman–Crippen LogP) is 4.25. The molecule has 0 saturated heterocycles. The lowest BCUT2D eigenvalue weighted by atomic mass is 10.2. The van der Waals surface area contributed by atoms with Gasteiger partial charge < -0.3 is 5.32 Å². The van der Waals surface area contributed by atoms with Gasteiger partial charge in [0.1, 0.15) is 16.8 Å². The van der Waals surface area contributed by atoms with Crippen LogP contribution in [-0.2, 0) is 6.42 Å². The first-order valence-electron chi connectivity index (χ1n) is 6.65. The first-order chi connectivity index (χ1) is 9.42. The molecular formula is C14H19ClN4S. The van der Waals surface area contributed by atoms with Crippen LogP contribution in [0.15, 0.2) is 0 Å².